The van der Waals surface area contributed by atoms with Crippen molar-refractivity contribution < 1.29 is 13.2 Å². The Morgan fingerprint density at radius 3 is 2.22 bits per heavy atom. The normalized spacial score (nSPS) is 11.7. The summed E-state index contributed by atoms with van der Waals surface area (Å²) in [5.41, 5.74) is 4.10. The lowest BCUT2D eigenvalue weighted by atomic mass is 10.1. The van der Waals surface area contributed by atoms with Crippen LogP contribution in [0.2, 0.25) is 0 Å². The number of carbonyl (C=O) groups is 1. The Morgan fingerprint density at radius 1 is 0.919 bits per heavy atom. The zero-order valence-electron chi connectivity index (χ0n) is 21.6. The highest BCUT2D eigenvalue weighted by Crippen LogP contribution is 2.32. The number of likely N-dealkylation sites (N-methyl/N-ethyl adjacent to an activating group) is 1. The van der Waals surface area contributed by atoms with Gasteiger partial charge in [0.15, 0.2) is 5.13 Å². The van der Waals surface area contributed by atoms with Crippen LogP contribution in [0.5, 0.6) is 0 Å². The average Bonchev–Trinajstić information content (AvgIpc) is 3.29. The molecule has 1 heterocycles. The van der Waals surface area contributed by atoms with Crippen LogP contribution in [-0.2, 0) is 10.0 Å². The number of sulfonamides is 1. The number of anilines is 2. The van der Waals surface area contributed by atoms with E-state index >= 15 is 0 Å². The third-order valence-corrected chi connectivity index (χ3v) is 8.88. The SMILES string of the molecule is CCN(CC)CCN(C(=O)c1ccc(NS(=O)(=O)c2ccccc2)cc1)c1nc2cc(C)c(C)cc2s1. The number of aryl methyl sites for hydroxylation is 2. The number of hydrogen-bond donors (Lipinski definition) is 1. The maximum Gasteiger partial charge on any atom is 0.261 e. The molecule has 0 radical (unpaired) electrons. The maximum atomic E-state index is 13.7. The van der Waals surface area contributed by atoms with Gasteiger partial charge in [0, 0.05) is 24.3 Å². The van der Waals surface area contributed by atoms with Crippen molar-refractivity contribution in [3.63, 3.8) is 0 Å². The van der Waals surface area contributed by atoms with E-state index in [0.717, 1.165) is 29.9 Å². The largest absolute Gasteiger partial charge is 0.302 e. The Kier molecular flexibility index (Phi) is 8.26. The zero-order valence-corrected chi connectivity index (χ0v) is 23.2. The number of fused-ring (bicyclic) bond motifs is 1. The second kappa shape index (κ2) is 11.4. The van der Waals surface area contributed by atoms with Gasteiger partial charge in [-0.3, -0.25) is 14.4 Å². The van der Waals surface area contributed by atoms with E-state index in [0.29, 0.717) is 22.9 Å². The first-order chi connectivity index (χ1) is 17.7. The van der Waals surface area contributed by atoms with Crippen molar-refractivity contribution in [1.29, 1.82) is 0 Å². The molecule has 1 aromatic heterocycles. The van der Waals surface area contributed by atoms with E-state index in [2.05, 4.69) is 49.4 Å². The number of rotatable bonds is 10. The van der Waals surface area contributed by atoms with Crippen LogP contribution >= 0.6 is 11.3 Å². The molecule has 4 aromatic rings. The summed E-state index contributed by atoms with van der Waals surface area (Å²) < 4.78 is 28.9. The lowest BCUT2D eigenvalue weighted by molar-refractivity contribution is 0.0984. The summed E-state index contributed by atoms with van der Waals surface area (Å²) >= 11 is 1.51. The Labute approximate surface area is 222 Å². The topological polar surface area (TPSA) is 82.6 Å². The van der Waals surface area contributed by atoms with Crippen LogP contribution in [-0.4, -0.2) is 50.4 Å². The summed E-state index contributed by atoms with van der Waals surface area (Å²) in [5.74, 6) is -0.169. The molecule has 0 aliphatic heterocycles. The van der Waals surface area contributed by atoms with E-state index in [9.17, 15) is 13.2 Å². The molecular formula is C28H32N4O3S2. The van der Waals surface area contributed by atoms with Crippen LogP contribution in [0.1, 0.15) is 35.3 Å². The molecule has 3 aromatic carbocycles. The molecule has 37 heavy (non-hydrogen) atoms. The number of nitrogens with zero attached hydrogens (tertiary/aromatic N) is 3. The summed E-state index contributed by atoms with van der Waals surface area (Å²) in [6, 6.07) is 18.9. The molecule has 0 bridgehead atoms. The molecule has 0 fully saturated rings. The van der Waals surface area contributed by atoms with Gasteiger partial charge in [-0.25, -0.2) is 13.4 Å². The number of carbonyl (C=O) groups excluding carboxylic acids is 1. The molecule has 0 atom stereocenters. The van der Waals surface area contributed by atoms with Gasteiger partial charge in [0.25, 0.3) is 15.9 Å². The fraction of sp³-hybridized carbons (Fsp3) is 0.286. The predicted octanol–water partition coefficient (Wildman–Crippen LogP) is 5.70. The first-order valence-corrected chi connectivity index (χ1v) is 14.6. The number of amides is 1. The fourth-order valence-electron chi connectivity index (χ4n) is 4.00. The molecule has 0 unspecified atom stereocenters. The smallest absolute Gasteiger partial charge is 0.261 e. The monoisotopic (exact) mass is 536 g/mol. The fourth-order valence-corrected chi connectivity index (χ4v) is 6.15. The lowest BCUT2D eigenvalue weighted by Gasteiger charge is -2.24. The van der Waals surface area contributed by atoms with Gasteiger partial charge < -0.3 is 4.90 Å². The van der Waals surface area contributed by atoms with E-state index < -0.39 is 10.0 Å². The summed E-state index contributed by atoms with van der Waals surface area (Å²) in [7, 11) is -3.71. The molecule has 0 aliphatic carbocycles. The van der Waals surface area contributed by atoms with Crippen LogP contribution in [0, 0.1) is 13.8 Å². The first kappa shape index (κ1) is 26.8. The van der Waals surface area contributed by atoms with Crippen LogP contribution < -0.4 is 9.62 Å². The average molecular weight is 537 g/mol. The van der Waals surface area contributed by atoms with E-state index in [1.165, 1.54) is 34.6 Å². The number of thiazole rings is 1. The van der Waals surface area contributed by atoms with Crippen LogP contribution in [0.3, 0.4) is 0 Å². The van der Waals surface area contributed by atoms with Gasteiger partial charge in [-0.1, -0.05) is 43.4 Å². The Balaban J connectivity index is 1.60. The van der Waals surface area contributed by atoms with E-state index in [-0.39, 0.29) is 10.8 Å². The molecule has 0 aliphatic rings. The van der Waals surface area contributed by atoms with Gasteiger partial charge in [-0.05, 0) is 86.6 Å². The minimum Gasteiger partial charge on any atom is -0.302 e. The van der Waals surface area contributed by atoms with Crippen LogP contribution in [0.15, 0.2) is 71.6 Å². The third-order valence-electron chi connectivity index (χ3n) is 6.44. The van der Waals surface area contributed by atoms with E-state index in [4.69, 9.17) is 4.98 Å². The molecule has 9 heteroatoms. The third kappa shape index (κ3) is 6.18. The predicted molar refractivity (Wildman–Crippen MR) is 152 cm³/mol. The lowest BCUT2D eigenvalue weighted by Crippen LogP contribution is -2.38. The minimum atomic E-state index is -3.71. The molecular weight excluding hydrogens is 504 g/mol. The van der Waals surface area contributed by atoms with Crippen LogP contribution in [0.4, 0.5) is 10.8 Å². The van der Waals surface area contributed by atoms with Gasteiger partial charge >= 0.3 is 0 Å². The molecule has 4 rings (SSSR count). The van der Waals surface area contributed by atoms with Gasteiger partial charge in [-0.15, -0.1) is 0 Å². The van der Waals surface area contributed by atoms with Gasteiger partial charge in [0.05, 0.1) is 15.1 Å². The van der Waals surface area contributed by atoms with Gasteiger partial charge in [0.2, 0.25) is 0 Å². The quantitative estimate of drug-likeness (QED) is 0.281. The molecule has 0 saturated carbocycles. The highest BCUT2D eigenvalue weighted by atomic mass is 32.2. The van der Waals surface area contributed by atoms with Gasteiger partial charge in [-0.2, -0.15) is 0 Å². The Hall–Kier alpha value is -3.27. The second-order valence-corrected chi connectivity index (χ2v) is 11.6. The number of aromatic nitrogens is 1. The maximum absolute atomic E-state index is 13.7. The van der Waals surface area contributed by atoms with Crippen molar-refractivity contribution in [3.8, 4) is 0 Å². The van der Waals surface area contributed by atoms with Crippen molar-refractivity contribution in [2.45, 2.75) is 32.6 Å². The van der Waals surface area contributed by atoms with E-state index in [1.54, 1.807) is 47.4 Å². The minimum absolute atomic E-state index is 0.169. The second-order valence-electron chi connectivity index (χ2n) is 8.88. The summed E-state index contributed by atoms with van der Waals surface area (Å²) in [6.45, 7) is 11.4. The number of nitrogens with one attached hydrogen (secondary N) is 1. The number of benzene rings is 3. The van der Waals surface area contributed by atoms with Crippen LogP contribution in [0.25, 0.3) is 10.2 Å². The molecule has 7 nitrogen and oxygen atoms in total. The summed E-state index contributed by atoms with van der Waals surface area (Å²) in [6.07, 6.45) is 0. The standard InChI is InChI=1S/C28H32N4O3S2/c1-5-31(6-2)16-17-32(28-29-25-18-20(3)21(4)19-26(25)36-28)27(33)22-12-14-23(15-13-22)30-37(34,35)24-10-8-7-9-11-24/h7-15,18-19,30H,5-6,16-17H2,1-4H3. The van der Waals surface area contributed by atoms with Crippen molar-refractivity contribution in [3.05, 3.63) is 83.4 Å². The summed E-state index contributed by atoms with van der Waals surface area (Å²) in [5, 5.41) is 0.658. The zero-order chi connectivity index (χ0) is 26.6. The number of hydrogen-bond acceptors (Lipinski definition) is 6. The van der Waals surface area contributed by atoms with Crippen molar-refractivity contribution in [2.24, 2.45) is 0 Å². The van der Waals surface area contributed by atoms with Crippen molar-refractivity contribution in [1.82, 2.24) is 9.88 Å². The Morgan fingerprint density at radius 2 is 1.57 bits per heavy atom. The molecule has 0 saturated heterocycles. The highest BCUT2D eigenvalue weighted by Gasteiger charge is 2.23. The molecule has 1 amide bonds. The van der Waals surface area contributed by atoms with Gasteiger partial charge in [0.1, 0.15) is 0 Å². The molecule has 1 N–H and O–H groups in total. The Bertz CT molecular complexity index is 1440. The van der Waals surface area contributed by atoms with Crippen molar-refractivity contribution in [2.75, 3.05) is 35.8 Å². The van der Waals surface area contributed by atoms with Crippen molar-refractivity contribution >= 4 is 48.3 Å². The first-order valence-electron chi connectivity index (χ1n) is 12.3. The summed E-state index contributed by atoms with van der Waals surface area (Å²) in [4.78, 5) is 22.7. The molecule has 0 spiro atoms. The van der Waals surface area contributed by atoms with E-state index in [1.807, 2.05) is 0 Å². The molecule has 194 valence electrons. The highest BCUT2D eigenvalue weighted by molar-refractivity contribution is 7.92.